The van der Waals surface area contributed by atoms with Crippen molar-refractivity contribution in [2.45, 2.75) is 19.3 Å². The zero-order chi connectivity index (χ0) is 7.40. The van der Waals surface area contributed by atoms with Gasteiger partial charge < -0.3 is 10.3 Å². The van der Waals surface area contributed by atoms with Crippen LogP contribution in [0.4, 0.5) is 0 Å². The Hall–Kier alpha value is -0.540. The van der Waals surface area contributed by atoms with Crippen molar-refractivity contribution in [3.8, 4) is 0 Å². The number of nitrogens with two attached hydrogens (primary N) is 1. The summed E-state index contributed by atoms with van der Waals surface area (Å²) in [6.45, 7) is 2.79. The van der Waals surface area contributed by atoms with Gasteiger partial charge in [0.15, 0.2) is 0 Å². The lowest BCUT2D eigenvalue weighted by molar-refractivity contribution is 0.405. The molecule has 1 aromatic rings. The zero-order valence-electron chi connectivity index (χ0n) is 6.49. The predicted octanol–water partition coefficient (Wildman–Crippen LogP) is 1.55. The summed E-state index contributed by atoms with van der Waals surface area (Å²) in [6, 6.07) is 1.88. The Morgan fingerprint density at radius 3 is 2.91 bits per heavy atom. The maximum Gasteiger partial charge on any atom is 0.124 e. The third-order valence-electron chi connectivity index (χ3n) is 1.56. The Kier molecular flexibility index (Phi) is 4.90. The zero-order valence-corrected chi connectivity index (χ0v) is 7.30. The van der Waals surface area contributed by atoms with E-state index >= 15 is 0 Å². The molecule has 0 aliphatic heterocycles. The fourth-order valence-corrected chi connectivity index (χ4v) is 0.874. The van der Waals surface area contributed by atoms with Gasteiger partial charge in [-0.2, -0.15) is 0 Å². The molecule has 1 unspecified atom stereocenters. The Bertz CT molecular complexity index is 177. The molecule has 2 N–H and O–H groups in total. The molecule has 0 amide bonds. The van der Waals surface area contributed by atoms with E-state index in [2.05, 4.69) is 12.1 Å². The van der Waals surface area contributed by atoms with E-state index < -0.39 is 0 Å². The lowest BCUT2D eigenvalue weighted by Gasteiger charge is -2.02. The molecule has 0 bridgehead atoms. The first-order valence-corrected chi connectivity index (χ1v) is 3.45. The lowest BCUT2D eigenvalue weighted by Crippen LogP contribution is -2.04. The normalized spacial score (nSPS) is 12.2. The van der Waals surface area contributed by atoms with E-state index in [1.807, 2.05) is 6.07 Å². The number of nitrogens with zero attached hydrogens (tertiary/aromatic N) is 1. The fraction of sp³-hybridized carbons (Fsp3) is 0.571. The molecule has 0 aromatic carbocycles. The minimum absolute atomic E-state index is 0. The molecule has 0 aliphatic carbocycles. The smallest absolute Gasteiger partial charge is 0.124 e. The van der Waals surface area contributed by atoms with Gasteiger partial charge in [0.1, 0.15) is 6.26 Å². The third-order valence-corrected chi connectivity index (χ3v) is 1.56. The van der Waals surface area contributed by atoms with Gasteiger partial charge >= 0.3 is 0 Å². The van der Waals surface area contributed by atoms with Crippen LogP contribution in [-0.2, 0) is 0 Å². The maximum atomic E-state index is 5.38. The predicted molar refractivity (Wildman–Crippen MR) is 45.8 cm³/mol. The number of halogens is 1. The molecule has 0 fully saturated rings. The van der Waals surface area contributed by atoms with Crippen LogP contribution in [-0.4, -0.2) is 11.7 Å². The average molecular weight is 177 g/mol. The van der Waals surface area contributed by atoms with E-state index in [-0.39, 0.29) is 12.4 Å². The molecule has 0 saturated heterocycles. The highest BCUT2D eigenvalue weighted by Gasteiger charge is 2.05. The molecule has 1 atom stereocenters. The van der Waals surface area contributed by atoms with Crippen molar-refractivity contribution in [2.75, 3.05) is 6.54 Å². The largest absolute Gasteiger partial charge is 0.365 e. The number of hydrogen-bond acceptors (Lipinski definition) is 3. The second-order valence-corrected chi connectivity index (χ2v) is 2.40. The van der Waals surface area contributed by atoms with E-state index in [4.69, 9.17) is 10.3 Å². The van der Waals surface area contributed by atoms with E-state index in [9.17, 15) is 0 Å². The summed E-state index contributed by atoms with van der Waals surface area (Å²) in [5.74, 6) is 0.420. The minimum atomic E-state index is 0. The quantitative estimate of drug-likeness (QED) is 0.761. The van der Waals surface area contributed by atoms with Crippen LogP contribution >= 0.6 is 12.4 Å². The van der Waals surface area contributed by atoms with E-state index in [0.717, 1.165) is 12.1 Å². The van der Waals surface area contributed by atoms with Gasteiger partial charge in [-0.15, -0.1) is 12.4 Å². The van der Waals surface area contributed by atoms with Gasteiger partial charge in [0.25, 0.3) is 0 Å². The fourth-order valence-electron chi connectivity index (χ4n) is 0.874. The van der Waals surface area contributed by atoms with Gasteiger partial charge in [-0.25, -0.2) is 0 Å². The van der Waals surface area contributed by atoms with Gasteiger partial charge in [-0.3, -0.25) is 0 Å². The highest BCUT2D eigenvalue weighted by molar-refractivity contribution is 5.85. The number of hydrogen-bond donors (Lipinski definition) is 1. The number of aromatic nitrogens is 1. The lowest BCUT2D eigenvalue weighted by atomic mass is 10.1. The summed E-state index contributed by atoms with van der Waals surface area (Å²) >= 11 is 0. The molecule has 0 spiro atoms. The molecule has 1 aromatic heterocycles. The topological polar surface area (TPSA) is 52.0 Å². The Labute approximate surface area is 72.3 Å². The molecule has 11 heavy (non-hydrogen) atoms. The Morgan fingerprint density at radius 2 is 2.45 bits per heavy atom. The van der Waals surface area contributed by atoms with Crippen LogP contribution in [0.25, 0.3) is 0 Å². The Morgan fingerprint density at radius 1 is 1.73 bits per heavy atom. The minimum Gasteiger partial charge on any atom is -0.365 e. The monoisotopic (exact) mass is 176 g/mol. The van der Waals surface area contributed by atoms with Crippen LogP contribution in [0.3, 0.4) is 0 Å². The molecule has 1 rings (SSSR count). The summed E-state index contributed by atoms with van der Waals surface area (Å²) in [5, 5.41) is 3.80. The van der Waals surface area contributed by atoms with Crippen molar-refractivity contribution in [2.24, 2.45) is 5.73 Å². The van der Waals surface area contributed by atoms with Gasteiger partial charge in [-0.1, -0.05) is 12.1 Å². The maximum absolute atomic E-state index is 5.38. The molecule has 64 valence electrons. The van der Waals surface area contributed by atoms with Crippen LogP contribution in [0.15, 0.2) is 16.9 Å². The van der Waals surface area contributed by atoms with Gasteiger partial charge in [0.05, 0.1) is 5.69 Å². The van der Waals surface area contributed by atoms with E-state index in [1.54, 1.807) is 6.26 Å². The van der Waals surface area contributed by atoms with E-state index in [0.29, 0.717) is 12.5 Å². The van der Waals surface area contributed by atoms with Gasteiger partial charge in [-0.05, 0) is 13.0 Å². The molecule has 3 nitrogen and oxygen atoms in total. The van der Waals surface area contributed by atoms with Crippen molar-refractivity contribution in [3.05, 3.63) is 18.0 Å². The second kappa shape index (κ2) is 5.16. The standard InChI is InChI=1S/C7H12N2O.ClH/c1-6(2-4-8)7-3-5-10-9-7;/h3,5-6H,2,4,8H2,1H3;1H. The molecule has 1 heterocycles. The first-order valence-electron chi connectivity index (χ1n) is 3.45. The molecule has 0 aliphatic rings. The van der Waals surface area contributed by atoms with Crippen molar-refractivity contribution < 1.29 is 4.52 Å². The second-order valence-electron chi connectivity index (χ2n) is 2.40. The third kappa shape index (κ3) is 2.91. The number of rotatable bonds is 3. The van der Waals surface area contributed by atoms with Crippen molar-refractivity contribution >= 4 is 12.4 Å². The average Bonchev–Trinajstić information content (AvgIpc) is 2.38. The van der Waals surface area contributed by atoms with Crippen LogP contribution < -0.4 is 5.73 Å². The molecular formula is C7H13ClN2O. The highest BCUT2D eigenvalue weighted by Crippen LogP contribution is 2.14. The molecular weight excluding hydrogens is 164 g/mol. The van der Waals surface area contributed by atoms with Crippen molar-refractivity contribution in [3.63, 3.8) is 0 Å². The van der Waals surface area contributed by atoms with Crippen LogP contribution in [0.5, 0.6) is 0 Å². The summed E-state index contributed by atoms with van der Waals surface area (Å²) in [5.41, 5.74) is 6.37. The SMILES string of the molecule is CC(CCN)c1ccon1.Cl. The summed E-state index contributed by atoms with van der Waals surface area (Å²) in [4.78, 5) is 0. The van der Waals surface area contributed by atoms with E-state index in [1.165, 1.54) is 0 Å². The molecule has 4 heteroatoms. The van der Waals surface area contributed by atoms with Gasteiger partial charge in [0, 0.05) is 12.0 Å². The summed E-state index contributed by atoms with van der Waals surface area (Å²) in [7, 11) is 0. The molecule has 0 saturated carbocycles. The van der Waals surface area contributed by atoms with Crippen LogP contribution in [0.1, 0.15) is 25.0 Å². The van der Waals surface area contributed by atoms with Crippen LogP contribution in [0.2, 0.25) is 0 Å². The first-order chi connectivity index (χ1) is 4.84. The summed E-state index contributed by atoms with van der Waals surface area (Å²) in [6.07, 6.45) is 2.55. The Balaban J connectivity index is 0.000001000. The molecule has 0 radical (unpaired) electrons. The van der Waals surface area contributed by atoms with Gasteiger partial charge in [0.2, 0.25) is 0 Å². The first kappa shape index (κ1) is 10.5. The van der Waals surface area contributed by atoms with Crippen molar-refractivity contribution in [1.82, 2.24) is 5.16 Å². The summed E-state index contributed by atoms with van der Waals surface area (Å²) < 4.78 is 4.69. The van der Waals surface area contributed by atoms with Crippen LogP contribution in [0, 0.1) is 0 Å². The highest BCUT2D eigenvalue weighted by atomic mass is 35.5. The van der Waals surface area contributed by atoms with Crippen molar-refractivity contribution in [1.29, 1.82) is 0 Å².